The number of nitrogens with two attached hydrogens (primary N) is 1. The Morgan fingerprint density at radius 2 is 1.59 bits per heavy atom. The molecule has 34 heavy (non-hydrogen) atoms. The number of rotatable bonds is 8. The molecule has 7 nitrogen and oxygen atoms in total. The van der Waals surface area contributed by atoms with Gasteiger partial charge in [0.1, 0.15) is 5.75 Å². The van der Waals surface area contributed by atoms with Gasteiger partial charge < -0.3 is 20.1 Å². The summed E-state index contributed by atoms with van der Waals surface area (Å²) in [4.78, 5) is 39.6. The second-order valence-corrected chi connectivity index (χ2v) is 8.18. The van der Waals surface area contributed by atoms with Gasteiger partial charge in [-0.2, -0.15) is 0 Å². The molecule has 0 spiro atoms. The van der Waals surface area contributed by atoms with E-state index in [1.54, 1.807) is 36.4 Å². The Morgan fingerprint density at radius 3 is 2.21 bits per heavy atom. The van der Waals surface area contributed by atoms with E-state index in [1.807, 2.05) is 49.4 Å². The molecule has 1 aliphatic heterocycles. The minimum Gasteiger partial charge on any atom is -0.474 e. The maximum Gasteiger partial charge on any atom is 0.351 e. The molecule has 0 aliphatic carbocycles. The van der Waals surface area contributed by atoms with Gasteiger partial charge in [-0.05, 0) is 24.6 Å². The van der Waals surface area contributed by atoms with Crippen LogP contribution >= 0.6 is 0 Å². The Morgan fingerprint density at radius 1 is 0.941 bits per heavy atom. The lowest BCUT2D eigenvalue weighted by molar-refractivity contribution is -0.149. The Balaban J connectivity index is 1.79. The van der Waals surface area contributed by atoms with Gasteiger partial charge in [-0.25, -0.2) is 4.79 Å². The molecule has 1 aliphatic rings. The van der Waals surface area contributed by atoms with Crippen molar-refractivity contribution in [2.75, 3.05) is 12.0 Å². The molecule has 0 bridgehead atoms. The standard InChI is InChI=1S/C27H26N2O5/c1-17-22(24(30)26(28)31)23-20(29(17)16-18-10-5-3-6-11-18)14-9-15-21(23)34-25(27(32)33-2)19-12-7-4-8-13-19/h3-15,17,22,25H,16H2,1-2H3,(H2,28,31). The lowest BCUT2D eigenvalue weighted by Gasteiger charge is -2.26. The molecule has 3 aromatic carbocycles. The molecule has 4 rings (SSSR count). The predicted octanol–water partition coefficient (Wildman–Crippen LogP) is 3.53. The van der Waals surface area contributed by atoms with Crippen molar-refractivity contribution in [3.8, 4) is 5.75 Å². The van der Waals surface area contributed by atoms with Crippen LogP contribution in [0.3, 0.4) is 0 Å². The quantitative estimate of drug-likeness (QED) is 0.410. The van der Waals surface area contributed by atoms with Crippen molar-refractivity contribution >= 4 is 23.3 Å². The molecule has 3 unspecified atom stereocenters. The second-order valence-electron chi connectivity index (χ2n) is 8.18. The zero-order chi connectivity index (χ0) is 24.2. The van der Waals surface area contributed by atoms with E-state index in [0.717, 1.165) is 11.3 Å². The van der Waals surface area contributed by atoms with Crippen LogP contribution < -0.4 is 15.4 Å². The van der Waals surface area contributed by atoms with Gasteiger partial charge in [-0.3, -0.25) is 9.59 Å². The SMILES string of the molecule is COC(=O)C(Oc1cccc2c1C(C(=O)C(N)=O)C(C)N2Cc1ccccc1)c1ccccc1. The number of ketones is 1. The number of esters is 1. The molecule has 7 heteroatoms. The van der Waals surface area contributed by atoms with Crippen LogP contribution in [-0.2, 0) is 25.7 Å². The van der Waals surface area contributed by atoms with Gasteiger partial charge in [0.05, 0.1) is 13.0 Å². The average molecular weight is 459 g/mol. The van der Waals surface area contributed by atoms with E-state index in [0.29, 0.717) is 23.4 Å². The van der Waals surface area contributed by atoms with Crippen molar-refractivity contribution < 1.29 is 23.9 Å². The Bertz CT molecular complexity index is 1200. The smallest absolute Gasteiger partial charge is 0.351 e. The number of carbonyl (C=O) groups is 3. The number of primary amides is 1. The highest BCUT2D eigenvalue weighted by Crippen LogP contribution is 2.48. The largest absolute Gasteiger partial charge is 0.474 e. The van der Waals surface area contributed by atoms with Gasteiger partial charge in [-0.1, -0.05) is 66.7 Å². The number of methoxy groups -OCH3 is 1. The maximum atomic E-state index is 13.0. The number of hydrogen-bond donors (Lipinski definition) is 1. The summed E-state index contributed by atoms with van der Waals surface area (Å²) < 4.78 is 11.2. The monoisotopic (exact) mass is 458 g/mol. The molecule has 0 fully saturated rings. The van der Waals surface area contributed by atoms with Crippen molar-refractivity contribution in [2.45, 2.75) is 31.5 Å². The number of anilines is 1. The first-order chi connectivity index (χ1) is 16.4. The summed E-state index contributed by atoms with van der Waals surface area (Å²) in [5.74, 6) is -2.78. The fourth-order valence-electron chi connectivity index (χ4n) is 4.47. The summed E-state index contributed by atoms with van der Waals surface area (Å²) in [6, 6.07) is 23.8. The molecule has 0 saturated carbocycles. The van der Waals surface area contributed by atoms with Crippen LogP contribution in [0.4, 0.5) is 5.69 Å². The number of carbonyl (C=O) groups excluding carboxylic acids is 3. The van der Waals surface area contributed by atoms with Crippen LogP contribution in [0, 0.1) is 0 Å². The van der Waals surface area contributed by atoms with E-state index in [-0.39, 0.29) is 6.04 Å². The average Bonchev–Trinajstić information content (AvgIpc) is 3.14. The van der Waals surface area contributed by atoms with E-state index < -0.39 is 29.7 Å². The topological polar surface area (TPSA) is 98.9 Å². The number of Topliss-reactive ketones (excluding diaryl/α,β-unsaturated/α-hetero) is 1. The summed E-state index contributed by atoms with van der Waals surface area (Å²) in [5, 5.41) is 0. The molecule has 0 aromatic heterocycles. The van der Waals surface area contributed by atoms with Crippen molar-refractivity contribution in [1.29, 1.82) is 0 Å². The van der Waals surface area contributed by atoms with Crippen molar-refractivity contribution in [1.82, 2.24) is 0 Å². The van der Waals surface area contributed by atoms with E-state index in [4.69, 9.17) is 15.2 Å². The summed E-state index contributed by atoms with van der Waals surface area (Å²) >= 11 is 0. The van der Waals surface area contributed by atoms with E-state index >= 15 is 0 Å². The first-order valence-corrected chi connectivity index (χ1v) is 11.0. The third kappa shape index (κ3) is 4.37. The first kappa shape index (κ1) is 23.0. The Hall–Kier alpha value is -4.13. The third-order valence-corrected chi connectivity index (χ3v) is 6.12. The van der Waals surface area contributed by atoms with Crippen LogP contribution in [0.15, 0.2) is 78.9 Å². The fraction of sp³-hybridized carbons (Fsp3) is 0.222. The van der Waals surface area contributed by atoms with Crippen LogP contribution in [0.25, 0.3) is 0 Å². The van der Waals surface area contributed by atoms with E-state index in [9.17, 15) is 14.4 Å². The molecule has 1 amide bonds. The van der Waals surface area contributed by atoms with Crippen LogP contribution in [0.2, 0.25) is 0 Å². The Labute approximate surface area is 198 Å². The minimum atomic E-state index is -1.04. The molecule has 3 aromatic rings. The van der Waals surface area contributed by atoms with E-state index in [1.165, 1.54) is 7.11 Å². The summed E-state index contributed by atoms with van der Waals surface area (Å²) in [6.45, 7) is 2.41. The van der Waals surface area contributed by atoms with E-state index in [2.05, 4.69) is 4.90 Å². The van der Waals surface area contributed by atoms with Crippen molar-refractivity contribution in [3.05, 3.63) is 95.6 Å². The number of fused-ring (bicyclic) bond motifs is 1. The van der Waals surface area contributed by atoms with Gasteiger partial charge >= 0.3 is 5.97 Å². The molecule has 0 radical (unpaired) electrons. The van der Waals surface area contributed by atoms with Crippen LogP contribution in [0.1, 0.15) is 35.6 Å². The molecular formula is C27H26N2O5. The molecule has 2 N–H and O–H groups in total. The Kier molecular flexibility index (Phi) is 6.63. The summed E-state index contributed by atoms with van der Waals surface area (Å²) in [6.07, 6.45) is -1.04. The number of nitrogens with zero attached hydrogens (tertiary/aromatic N) is 1. The number of hydrogen-bond acceptors (Lipinski definition) is 6. The lowest BCUT2D eigenvalue weighted by Crippen LogP contribution is -2.38. The number of ether oxygens (including phenoxy) is 2. The van der Waals surface area contributed by atoms with Gasteiger partial charge in [0.2, 0.25) is 11.9 Å². The number of benzene rings is 3. The van der Waals surface area contributed by atoms with Gasteiger partial charge in [0.25, 0.3) is 5.91 Å². The molecule has 1 heterocycles. The molecule has 174 valence electrons. The highest BCUT2D eigenvalue weighted by atomic mass is 16.6. The fourth-order valence-corrected chi connectivity index (χ4v) is 4.47. The lowest BCUT2D eigenvalue weighted by atomic mass is 9.90. The zero-order valence-corrected chi connectivity index (χ0v) is 19.0. The van der Waals surface area contributed by atoms with Crippen molar-refractivity contribution in [2.24, 2.45) is 5.73 Å². The van der Waals surface area contributed by atoms with Gasteiger partial charge in [0.15, 0.2) is 0 Å². The molecule has 0 saturated heterocycles. The predicted molar refractivity (Wildman–Crippen MR) is 127 cm³/mol. The summed E-state index contributed by atoms with van der Waals surface area (Å²) in [7, 11) is 1.29. The van der Waals surface area contributed by atoms with Gasteiger partial charge in [0, 0.05) is 29.4 Å². The normalized spacial score (nSPS) is 17.5. The van der Waals surface area contributed by atoms with Crippen LogP contribution in [0.5, 0.6) is 5.75 Å². The number of amides is 1. The zero-order valence-electron chi connectivity index (χ0n) is 19.0. The minimum absolute atomic E-state index is 0.332. The second kappa shape index (κ2) is 9.79. The van der Waals surface area contributed by atoms with Gasteiger partial charge in [-0.15, -0.1) is 0 Å². The maximum absolute atomic E-state index is 13.0. The van der Waals surface area contributed by atoms with Crippen molar-refractivity contribution in [3.63, 3.8) is 0 Å². The van der Waals surface area contributed by atoms with Crippen LogP contribution in [-0.4, -0.2) is 30.8 Å². The molecule has 3 atom stereocenters. The highest BCUT2D eigenvalue weighted by Gasteiger charge is 2.44. The third-order valence-electron chi connectivity index (χ3n) is 6.12. The molecular weight excluding hydrogens is 432 g/mol. The first-order valence-electron chi connectivity index (χ1n) is 11.0. The highest BCUT2D eigenvalue weighted by molar-refractivity contribution is 6.38. The summed E-state index contributed by atoms with van der Waals surface area (Å²) in [5.41, 5.74) is 8.38.